The summed E-state index contributed by atoms with van der Waals surface area (Å²) in [5, 5.41) is 37.7. The number of carboxylic acids is 4. The molecule has 0 bridgehead atoms. The maximum absolute atomic E-state index is 9.41. The molecule has 0 N–H and O–H groups in total. The van der Waals surface area contributed by atoms with E-state index in [4.69, 9.17) is 69.6 Å². The molecule has 0 aliphatic heterocycles. The molecule has 0 saturated heterocycles. The predicted octanol–water partition coefficient (Wildman–Crippen LogP) is 3.67. The topological polar surface area (TPSA) is 161 Å². The van der Waals surface area contributed by atoms with Gasteiger partial charge in [0.1, 0.15) is 0 Å². The molecule has 0 aliphatic rings. The van der Waals surface area contributed by atoms with Gasteiger partial charge in [-0.2, -0.15) is 72.8 Å². The maximum atomic E-state index is 9.41. The quantitative estimate of drug-likeness (QED) is 0.131. The average molecular weight is 823 g/mol. The number of aliphatic carboxylic acids is 4. The molecule has 4 aromatic carbocycles. The van der Waals surface area contributed by atoms with Crippen LogP contribution >= 0.6 is 69.6 Å². The van der Waals surface area contributed by atoms with Crippen molar-refractivity contribution in [3.63, 3.8) is 0 Å². The van der Waals surface area contributed by atoms with Crippen LogP contribution in [0.1, 0.15) is 0 Å². The Hall–Kier alpha value is -2.07. The molecule has 0 unspecified atom stereocenters. The SMILES string of the molecule is ClC(Cl)Cl.ClC(Cl)Cl.O=C([O-])/C=C\C(=O)[O-].O=C([O-])/C=C\C(=O)[O-].[Ti+4].[Ti+4].c1cc[cH-]c1.c1cc[cH-]c1.c1cc[cH-]c1.c1cc[cH-]c1. The van der Waals surface area contributed by atoms with Crippen LogP contribution in [0.25, 0.3) is 0 Å². The number of halogens is 6. The second-order valence-electron chi connectivity index (χ2n) is 6.29. The van der Waals surface area contributed by atoms with E-state index in [1.54, 1.807) is 0 Å². The number of carbonyl (C=O) groups is 4. The Labute approximate surface area is 328 Å². The number of hydrogen-bond donors (Lipinski definition) is 0. The first kappa shape index (κ1) is 56.3. The second-order valence-corrected chi connectivity index (χ2v) is 10.2. The largest absolute Gasteiger partial charge is 4.00 e. The summed E-state index contributed by atoms with van der Waals surface area (Å²) >= 11 is 28.8. The molecule has 0 aromatic heterocycles. The van der Waals surface area contributed by atoms with E-state index in [-0.39, 0.29) is 43.4 Å². The number of carboxylic acid groups (broad SMARTS) is 4. The minimum Gasteiger partial charge on any atom is -0.545 e. The van der Waals surface area contributed by atoms with E-state index in [1.807, 2.05) is 121 Å². The van der Waals surface area contributed by atoms with Crippen LogP contribution in [0.4, 0.5) is 0 Å². The summed E-state index contributed by atoms with van der Waals surface area (Å²) in [4.78, 5) is 37.7. The van der Waals surface area contributed by atoms with Crippen molar-refractivity contribution in [3.8, 4) is 0 Å². The van der Waals surface area contributed by atoms with Crippen LogP contribution in [0, 0.1) is 0 Å². The van der Waals surface area contributed by atoms with Gasteiger partial charge in [0.15, 0.2) is 8.59 Å². The third-order valence-corrected chi connectivity index (χ3v) is 2.93. The minimum atomic E-state index is -1.55. The fourth-order valence-electron chi connectivity index (χ4n) is 1.56. The molecule has 0 atom stereocenters. The van der Waals surface area contributed by atoms with Gasteiger partial charge in [0, 0.05) is 0 Å². The summed E-state index contributed by atoms with van der Waals surface area (Å²) in [5.74, 6) is -6.19. The number of hydrogen-bond acceptors (Lipinski definition) is 8. The monoisotopic (exact) mass is 820 g/mol. The molecule has 0 heterocycles. The summed E-state index contributed by atoms with van der Waals surface area (Å²) in [6.07, 6.45) is 1.54. The number of alkyl halides is 6. The first-order chi connectivity index (χ1) is 20.7. The summed E-state index contributed by atoms with van der Waals surface area (Å²) < 4.78 is -1.50. The van der Waals surface area contributed by atoms with E-state index >= 15 is 0 Å². The van der Waals surface area contributed by atoms with Crippen LogP contribution in [-0.2, 0) is 62.6 Å². The molecule has 4 aromatic rings. The van der Waals surface area contributed by atoms with Crippen molar-refractivity contribution in [1.29, 1.82) is 0 Å². The molecule has 0 aliphatic carbocycles. The van der Waals surface area contributed by atoms with E-state index < -0.39 is 32.5 Å². The number of carbonyl (C=O) groups excluding carboxylic acids is 4. The Bertz CT molecular complexity index is 899. The van der Waals surface area contributed by atoms with Gasteiger partial charge in [-0.05, 0) is 24.3 Å². The molecule has 8 nitrogen and oxygen atoms in total. The third-order valence-electron chi connectivity index (χ3n) is 2.93. The standard InChI is InChI=1S/4C5H5.2C4H4O4.2CHCl3.2Ti/c4*1-2-4-5-3-1;2*5-3(6)1-2-4(7)8;2*2-1(3)4;;/h4*1-5H;2*1-2H,(H,5,6)(H,7,8);2*1H;;/q4*-1;;;;;2*+4/p-4/b;;;;2*2-1-;;;;. The van der Waals surface area contributed by atoms with Gasteiger partial charge in [-0.3, -0.25) is 0 Å². The van der Waals surface area contributed by atoms with Crippen molar-refractivity contribution in [2.75, 3.05) is 0 Å². The summed E-state index contributed by atoms with van der Waals surface area (Å²) in [5.41, 5.74) is 0. The molecular weight excluding hydrogens is 797 g/mol. The molecule has 0 amide bonds. The summed E-state index contributed by atoms with van der Waals surface area (Å²) in [7, 11) is 0. The first-order valence-electron chi connectivity index (χ1n) is 11.4. The minimum absolute atomic E-state index is 0. The maximum Gasteiger partial charge on any atom is 4.00 e. The zero-order valence-electron chi connectivity index (χ0n) is 23.5. The van der Waals surface area contributed by atoms with Gasteiger partial charge in [-0.25, -0.2) is 48.5 Å². The Kier molecular flexibility index (Phi) is 57.9. The van der Waals surface area contributed by atoms with E-state index in [2.05, 4.69) is 0 Å². The number of rotatable bonds is 4. The summed E-state index contributed by atoms with van der Waals surface area (Å²) in [6, 6.07) is 40.0. The Balaban J connectivity index is -0.0000000999. The molecule has 0 spiro atoms. The van der Waals surface area contributed by atoms with E-state index in [0.29, 0.717) is 24.3 Å². The molecule has 46 heavy (non-hydrogen) atoms. The van der Waals surface area contributed by atoms with Gasteiger partial charge < -0.3 is 39.6 Å². The van der Waals surface area contributed by atoms with Crippen molar-refractivity contribution < 1.29 is 83.0 Å². The molecule has 0 radical (unpaired) electrons. The van der Waals surface area contributed by atoms with Crippen molar-refractivity contribution >= 4 is 93.5 Å². The molecule has 4 rings (SSSR count). The normalized spacial score (nSPS) is 8.35. The van der Waals surface area contributed by atoms with Crippen LogP contribution in [0.15, 0.2) is 146 Å². The average Bonchev–Trinajstić information content (AvgIpc) is 3.78. The summed E-state index contributed by atoms with van der Waals surface area (Å²) in [6.45, 7) is 0. The van der Waals surface area contributed by atoms with Gasteiger partial charge in [-0.15, -0.1) is 0 Å². The fourth-order valence-corrected chi connectivity index (χ4v) is 1.56. The molecular formula is C30H26Cl6O8Ti2. The zero-order chi connectivity index (χ0) is 34.4. The van der Waals surface area contributed by atoms with Crippen LogP contribution in [0.3, 0.4) is 0 Å². The molecule has 0 fully saturated rings. The predicted molar refractivity (Wildman–Crippen MR) is 169 cm³/mol. The Morgan fingerprint density at radius 1 is 0.391 bits per heavy atom. The second kappa shape index (κ2) is 47.3. The first-order valence-corrected chi connectivity index (χ1v) is 14.0. The third kappa shape index (κ3) is 90.0. The fraction of sp³-hybridized carbons (Fsp3) is 0.0667. The van der Waals surface area contributed by atoms with Crippen molar-refractivity contribution in [1.82, 2.24) is 0 Å². The van der Waals surface area contributed by atoms with Crippen LogP contribution in [-0.4, -0.2) is 32.5 Å². The van der Waals surface area contributed by atoms with Gasteiger partial charge >= 0.3 is 43.4 Å². The zero-order valence-corrected chi connectivity index (χ0v) is 31.2. The van der Waals surface area contributed by atoms with Gasteiger partial charge in [0.25, 0.3) is 0 Å². The van der Waals surface area contributed by atoms with E-state index in [1.165, 1.54) is 0 Å². The Morgan fingerprint density at radius 2 is 0.500 bits per heavy atom. The van der Waals surface area contributed by atoms with Crippen molar-refractivity contribution in [2.45, 2.75) is 8.59 Å². The Morgan fingerprint density at radius 3 is 0.543 bits per heavy atom. The van der Waals surface area contributed by atoms with E-state index in [0.717, 1.165) is 0 Å². The van der Waals surface area contributed by atoms with Gasteiger partial charge in [0.05, 0.1) is 23.9 Å². The van der Waals surface area contributed by atoms with Crippen LogP contribution < -0.4 is 20.4 Å². The van der Waals surface area contributed by atoms with Crippen LogP contribution in [0.2, 0.25) is 0 Å². The molecule has 244 valence electrons. The van der Waals surface area contributed by atoms with Gasteiger partial charge in [-0.1, -0.05) is 69.6 Å². The van der Waals surface area contributed by atoms with Crippen molar-refractivity contribution in [3.05, 3.63) is 146 Å². The van der Waals surface area contributed by atoms with E-state index in [9.17, 15) is 39.6 Å². The smallest absolute Gasteiger partial charge is 0.545 e. The molecule has 0 saturated carbocycles. The van der Waals surface area contributed by atoms with Gasteiger partial charge in [0.2, 0.25) is 0 Å². The van der Waals surface area contributed by atoms with Crippen molar-refractivity contribution in [2.24, 2.45) is 0 Å². The molecule has 16 heteroatoms. The van der Waals surface area contributed by atoms with Crippen LogP contribution in [0.5, 0.6) is 0 Å².